The van der Waals surface area contributed by atoms with Crippen LogP contribution in [0, 0.1) is 17.6 Å². The minimum atomic E-state index is -0.569. The van der Waals surface area contributed by atoms with Crippen LogP contribution in [0.25, 0.3) is 0 Å². The zero-order valence-electron chi connectivity index (χ0n) is 13.3. The van der Waals surface area contributed by atoms with E-state index in [2.05, 4.69) is 15.2 Å². The number of nitrogens with one attached hydrogen (secondary N) is 1. The summed E-state index contributed by atoms with van der Waals surface area (Å²) < 4.78 is 27.0. The number of hydrogen-bond acceptors (Lipinski definition) is 4. The van der Waals surface area contributed by atoms with Crippen LogP contribution in [0.15, 0.2) is 29.8 Å². The average molecular weight is 351 g/mol. The summed E-state index contributed by atoms with van der Waals surface area (Å²) in [5.74, 6) is -1.16. The maximum absolute atomic E-state index is 13.9. The zero-order valence-corrected chi connectivity index (χ0v) is 14.2. The average Bonchev–Trinajstić information content (AvgIpc) is 3.07. The molecule has 1 atom stereocenters. The summed E-state index contributed by atoms with van der Waals surface area (Å²) in [7, 11) is 0. The minimum absolute atomic E-state index is 0.00906. The van der Waals surface area contributed by atoms with Gasteiger partial charge in [-0.05, 0) is 38.9 Å². The van der Waals surface area contributed by atoms with E-state index in [0.29, 0.717) is 36.6 Å². The first-order valence-corrected chi connectivity index (χ1v) is 8.82. The van der Waals surface area contributed by atoms with Gasteiger partial charge in [0.2, 0.25) is 5.91 Å². The van der Waals surface area contributed by atoms with Gasteiger partial charge in [0, 0.05) is 35.2 Å². The van der Waals surface area contributed by atoms with Crippen LogP contribution in [0.5, 0.6) is 0 Å². The summed E-state index contributed by atoms with van der Waals surface area (Å²) in [4.78, 5) is 18.4. The Bertz CT molecular complexity index is 700. The van der Waals surface area contributed by atoms with Crippen molar-refractivity contribution < 1.29 is 13.6 Å². The first kappa shape index (κ1) is 17.0. The van der Waals surface area contributed by atoms with Crippen molar-refractivity contribution in [3.05, 3.63) is 47.0 Å². The van der Waals surface area contributed by atoms with Crippen molar-refractivity contribution in [2.24, 2.45) is 5.92 Å². The molecule has 7 heteroatoms. The van der Waals surface area contributed by atoms with Gasteiger partial charge in [0.1, 0.15) is 11.6 Å². The first-order valence-electron chi connectivity index (χ1n) is 7.94. The number of thiazole rings is 1. The van der Waals surface area contributed by atoms with Gasteiger partial charge in [0.25, 0.3) is 0 Å². The number of piperidine rings is 1. The second kappa shape index (κ2) is 7.36. The van der Waals surface area contributed by atoms with Crippen molar-refractivity contribution in [1.29, 1.82) is 0 Å². The van der Waals surface area contributed by atoms with Crippen molar-refractivity contribution in [3.63, 3.8) is 0 Å². The minimum Gasteiger partial charge on any atom is -0.302 e. The van der Waals surface area contributed by atoms with Crippen LogP contribution < -0.4 is 5.32 Å². The van der Waals surface area contributed by atoms with E-state index in [1.165, 1.54) is 23.5 Å². The molecule has 1 aliphatic heterocycles. The molecule has 0 unspecified atom stereocenters. The van der Waals surface area contributed by atoms with Crippen LogP contribution in [0.4, 0.5) is 13.9 Å². The fourth-order valence-electron chi connectivity index (χ4n) is 3.08. The van der Waals surface area contributed by atoms with Gasteiger partial charge in [-0.3, -0.25) is 9.69 Å². The van der Waals surface area contributed by atoms with Gasteiger partial charge in [-0.25, -0.2) is 13.8 Å². The Balaban J connectivity index is 1.57. The Hall–Kier alpha value is -1.86. The smallest absolute Gasteiger partial charge is 0.229 e. The monoisotopic (exact) mass is 351 g/mol. The number of benzene rings is 1. The summed E-state index contributed by atoms with van der Waals surface area (Å²) >= 11 is 1.39. The summed E-state index contributed by atoms with van der Waals surface area (Å²) in [5.41, 5.74) is 0.488. The number of likely N-dealkylation sites (tertiary alicyclic amines) is 1. The molecule has 1 fully saturated rings. The molecule has 3 rings (SSSR count). The van der Waals surface area contributed by atoms with Gasteiger partial charge >= 0.3 is 0 Å². The van der Waals surface area contributed by atoms with Crippen LogP contribution >= 0.6 is 11.3 Å². The van der Waals surface area contributed by atoms with Gasteiger partial charge in [0.05, 0.1) is 0 Å². The molecular weight excluding hydrogens is 332 g/mol. The molecule has 1 amide bonds. The van der Waals surface area contributed by atoms with E-state index >= 15 is 0 Å². The Morgan fingerprint density at radius 3 is 2.75 bits per heavy atom. The molecule has 0 aliphatic carbocycles. The van der Waals surface area contributed by atoms with Crippen LogP contribution in [0.2, 0.25) is 0 Å². The summed E-state index contributed by atoms with van der Waals surface area (Å²) in [6.45, 7) is 3.31. The number of carbonyl (C=O) groups excluding carboxylic acids is 1. The molecule has 24 heavy (non-hydrogen) atoms. The van der Waals surface area contributed by atoms with Crippen LogP contribution in [-0.2, 0) is 4.79 Å². The second-order valence-corrected chi connectivity index (χ2v) is 6.87. The van der Waals surface area contributed by atoms with Gasteiger partial charge in [0.15, 0.2) is 5.13 Å². The largest absolute Gasteiger partial charge is 0.302 e. The van der Waals surface area contributed by atoms with Crippen molar-refractivity contribution in [1.82, 2.24) is 9.88 Å². The Labute approximate surface area is 143 Å². The fraction of sp³-hybridized carbons (Fsp3) is 0.412. The van der Waals surface area contributed by atoms with E-state index < -0.39 is 11.6 Å². The molecule has 128 valence electrons. The highest BCUT2D eigenvalue weighted by Gasteiger charge is 2.29. The zero-order chi connectivity index (χ0) is 17.1. The fourth-order valence-corrected chi connectivity index (χ4v) is 3.61. The number of hydrogen-bond donors (Lipinski definition) is 1. The molecule has 1 saturated heterocycles. The Morgan fingerprint density at radius 1 is 1.38 bits per heavy atom. The van der Waals surface area contributed by atoms with Gasteiger partial charge in [-0.1, -0.05) is 6.07 Å². The van der Waals surface area contributed by atoms with E-state index in [0.717, 1.165) is 6.07 Å². The molecule has 4 nitrogen and oxygen atoms in total. The predicted molar refractivity (Wildman–Crippen MR) is 89.8 cm³/mol. The third-order valence-corrected chi connectivity index (χ3v) is 5.21. The number of nitrogens with zero attached hydrogens (tertiary/aromatic N) is 2. The Kier molecular flexibility index (Phi) is 5.20. The quantitative estimate of drug-likeness (QED) is 0.910. The van der Waals surface area contributed by atoms with Crippen molar-refractivity contribution in [2.45, 2.75) is 25.8 Å². The highest BCUT2D eigenvalue weighted by molar-refractivity contribution is 7.13. The third kappa shape index (κ3) is 3.79. The first-order chi connectivity index (χ1) is 11.5. The topological polar surface area (TPSA) is 45.2 Å². The number of rotatable bonds is 4. The standard InChI is InChI=1S/C17H19F2N3OS/c1-11(14-3-2-13(18)10-15(14)19)22-7-4-12(5-8-22)16(23)21-17-20-6-9-24-17/h2-3,6,9-12H,4-5,7-8H2,1H3,(H,20,21,23)/t11-/m1/s1. The molecular formula is C17H19F2N3OS. The van der Waals surface area contributed by atoms with Crippen LogP contribution in [-0.4, -0.2) is 28.9 Å². The van der Waals surface area contributed by atoms with E-state index in [1.807, 2.05) is 12.3 Å². The molecule has 2 aromatic rings. The third-order valence-electron chi connectivity index (χ3n) is 4.52. The molecule has 0 saturated carbocycles. The maximum Gasteiger partial charge on any atom is 0.229 e. The normalized spacial score (nSPS) is 17.6. The van der Waals surface area contributed by atoms with E-state index in [9.17, 15) is 13.6 Å². The maximum atomic E-state index is 13.9. The summed E-state index contributed by atoms with van der Waals surface area (Å²) in [5, 5.41) is 5.26. The van der Waals surface area contributed by atoms with Crippen LogP contribution in [0.1, 0.15) is 31.4 Å². The molecule has 1 aliphatic rings. The lowest BCUT2D eigenvalue weighted by atomic mass is 9.94. The van der Waals surface area contributed by atoms with Crippen molar-refractivity contribution in [3.8, 4) is 0 Å². The number of anilines is 1. The Morgan fingerprint density at radius 2 is 2.12 bits per heavy atom. The lowest BCUT2D eigenvalue weighted by Gasteiger charge is -2.35. The van der Waals surface area contributed by atoms with Gasteiger partial charge in [-0.15, -0.1) is 11.3 Å². The molecule has 1 aromatic heterocycles. The highest BCUT2D eigenvalue weighted by atomic mass is 32.1. The molecule has 0 bridgehead atoms. The number of aromatic nitrogens is 1. The van der Waals surface area contributed by atoms with E-state index in [4.69, 9.17) is 0 Å². The number of carbonyl (C=O) groups is 1. The molecule has 2 heterocycles. The summed E-state index contributed by atoms with van der Waals surface area (Å²) in [6, 6.07) is 3.55. The van der Waals surface area contributed by atoms with E-state index in [-0.39, 0.29) is 17.9 Å². The van der Waals surface area contributed by atoms with Crippen LogP contribution in [0.3, 0.4) is 0 Å². The van der Waals surface area contributed by atoms with Gasteiger partial charge in [-0.2, -0.15) is 0 Å². The number of halogens is 2. The van der Waals surface area contributed by atoms with Gasteiger partial charge < -0.3 is 5.32 Å². The number of amides is 1. The molecule has 0 radical (unpaired) electrons. The predicted octanol–water partition coefficient (Wildman–Crippen LogP) is 3.83. The van der Waals surface area contributed by atoms with Crippen molar-refractivity contribution >= 4 is 22.4 Å². The summed E-state index contributed by atoms with van der Waals surface area (Å²) in [6.07, 6.45) is 3.08. The molecule has 1 aromatic carbocycles. The molecule has 1 N–H and O–H groups in total. The second-order valence-electron chi connectivity index (χ2n) is 5.98. The lowest BCUT2D eigenvalue weighted by Crippen LogP contribution is -2.39. The lowest BCUT2D eigenvalue weighted by molar-refractivity contribution is -0.121. The van der Waals surface area contributed by atoms with E-state index in [1.54, 1.807) is 6.20 Å². The SMILES string of the molecule is C[C@H](c1ccc(F)cc1F)N1CCC(C(=O)Nc2nccs2)CC1. The van der Waals surface area contributed by atoms with Crippen molar-refractivity contribution in [2.75, 3.05) is 18.4 Å². The molecule has 0 spiro atoms. The highest BCUT2D eigenvalue weighted by Crippen LogP contribution is 2.29.